The lowest BCUT2D eigenvalue weighted by atomic mass is 10.1. The summed E-state index contributed by atoms with van der Waals surface area (Å²) in [6.45, 7) is 5.18. The van der Waals surface area contributed by atoms with Crippen LogP contribution in [0.3, 0.4) is 0 Å². The molecule has 20 heavy (non-hydrogen) atoms. The van der Waals surface area contributed by atoms with E-state index < -0.39 is 0 Å². The van der Waals surface area contributed by atoms with E-state index >= 15 is 0 Å². The molecule has 0 radical (unpaired) electrons. The highest BCUT2D eigenvalue weighted by molar-refractivity contribution is 7.71. The molecule has 0 unspecified atom stereocenters. The molecule has 0 fully saturated rings. The Morgan fingerprint density at radius 1 is 1.10 bits per heavy atom. The van der Waals surface area contributed by atoms with Crippen molar-refractivity contribution in [2.24, 2.45) is 0 Å². The van der Waals surface area contributed by atoms with E-state index in [1.807, 2.05) is 0 Å². The number of H-pyrrole nitrogens is 1. The highest BCUT2D eigenvalue weighted by Gasteiger charge is 2.05. The van der Waals surface area contributed by atoms with Gasteiger partial charge in [-0.15, -0.1) is 0 Å². The van der Waals surface area contributed by atoms with E-state index in [-0.39, 0.29) is 0 Å². The second-order valence-electron chi connectivity index (χ2n) is 5.28. The van der Waals surface area contributed by atoms with Crippen molar-refractivity contribution in [3.63, 3.8) is 0 Å². The summed E-state index contributed by atoms with van der Waals surface area (Å²) < 4.78 is 3.00. The van der Waals surface area contributed by atoms with Gasteiger partial charge in [-0.05, 0) is 61.3 Å². The van der Waals surface area contributed by atoms with Crippen LogP contribution in [-0.4, -0.2) is 9.55 Å². The van der Waals surface area contributed by atoms with Crippen LogP contribution < -0.4 is 0 Å². The van der Waals surface area contributed by atoms with Crippen LogP contribution in [0, 0.1) is 18.6 Å². The third kappa shape index (κ3) is 2.41. The van der Waals surface area contributed by atoms with Crippen molar-refractivity contribution in [1.82, 2.24) is 9.55 Å². The molecule has 0 saturated carbocycles. The van der Waals surface area contributed by atoms with Crippen molar-refractivity contribution in [3.05, 3.63) is 63.9 Å². The number of imidazole rings is 1. The van der Waals surface area contributed by atoms with Crippen LogP contribution in [-0.2, 0) is 13.0 Å². The Morgan fingerprint density at radius 3 is 2.70 bits per heavy atom. The molecule has 1 heterocycles. The third-order valence-corrected chi connectivity index (χ3v) is 4.12. The number of hydrogen-bond acceptors (Lipinski definition) is 1. The van der Waals surface area contributed by atoms with Gasteiger partial charge in [0.1, 0.15) is 0 Å². The fraction of sp³-hybridized carbons (Fsp3) is 0.235. The number of aromatic amines is 1. The SMILES string of the molecule is Cc1ccc2[nH]c(=S)n(CCc3ccccc3C)c2c1. The normalized spacial score (nSPS) is 11.1. The van der Waals surface area contributed by atoms with Gasteiger partial charge in [-0.3, -0.25) is 0 Å². The lowest BCUT2D eigenvalue weighted by Crippen LogP contribution is -2.02. The second kappa shape index (κ2) is 5.25. The summed E-state index contributed by atoms with van der Waals surface area (Å²) in [5.41, 5.74) is 6.30. The van der Waals surface area contributed by atoms with Crippen molar-refractivity contribution in [2.75, 3.05) is 0 Å². The molecule has 1 aromatic heterocycles. The molecule has 0 bridgehead atoms. The number of rotatable bonds is 3. The minimum atomic E-state index is 0.805. The number of nitrogens with one attached hydrogen (secondary N) is 1. The fourth-order valence-electron chi connectivity index (χ4n) is 2.61. The fourth-order valence-corrected chi connectivity index (χ4v) is 2.91. The first-order chi connectivity index (χ1) is 9.65. The van der Waals surface area contributed by atoms with Gasteiger partial charge in [0.2, 0.25) is 0 Å². The molecule has 0 atom stereocenters. The van der Waals surface area contributed by atoms with Gasteiger partial charge in [-0.2, -0.15) is 0 Å². The molecule has 3 heteroatoms. The summed E-state index contributed by atoms with van der Waals surface area (Å²) in [4.78, 5) is 3.28. The molecule has 0 spiro atoms. The third-order valence-electron chi connectivity index (χ3n) is 3.80. The van der Waals surface area contributed by atoms with Crippen LogP contribution in [0.1, 0.15) is 16.7 Å². The van der Waals surface area contributed by atoms with Crippen molar-refractivity contribution < 1.29 is 0 Å². The molecule has 2 nitrogen and oxygen atoms in total. The molecule has 0 aliphatic heterocycles. The predicted molar refractivity (Wildman–Crippen MR) is 86.7 cm³/mol. The topological polar surface area (TPSA) is 20.7 Å². The largest absolute Gasteiger partial charge is 0.331 e. The maximum Gasteiger partial charge on any atom is 0.178 e. The molecule has 0 aliphatic carbocycles. The summed E-state index contributed by atoms with van der Waals surface area (Å²) >= 11 is 5.45. The van der Waals surface area contributed by atoms with Gasteiger partial charge < -0.3 is 9.55 Å². The van der Waals surface area contributed by atoms with Gasteiger partial charge in [-0.1, -0.05) is 30.3 Å². The molecule has 3 rings (SSSR count). The van der Waals surface area contributed by atoms with Crippen LogP contribution in [0.25, 0.3) is 11.0 Å². The van der Waals surface area contributed by atoms with Crippen LogP contribution in [0.15, 0.2) is 42.5 Å². The molecule has 0 aliphatic rings. The van der Waals surface area contributed by atoms with E-state index in [1.54, 1.807) is 0 Å². The van der Waals surface area contributed by atoms with Gasteiger partial charge in [0, 0.05) is 6.54 Å². The quantitative estimate of drug-likeness (QED) is 0.698. The maximum absolute atomic E-state index is 5.45. The molecule has 1 N–H and O–H groups in total. The molecule has 0 saturated heterocycles. The number of hydrogen-bond donors (Lipinski definition) is 1. The number of fused-ring (bicyclic) bond motifs is 1. The molecular formula is C17H18N2S. The van der Waals surface area contributed by atoms with Crippen molar-refractivity contribution in [3.8, 4) is 0 Å². The van der Waals surface area contributed by atoms with E-state index in [0.717, 1.165) is 23.3 Å². The Balaban J connectivity index is 1.95. The lowest BCUT2D eigenvalue weighted by Gasteiger charge is -2.07. The average molecular weight is 282 g/mol. The monoisotopic (exact) mass is 282 g/mol. The van der Waals surface area contributed by atoms with Crippen molar-refractivity contribution in [1.29, 1.82) is 0 Å². The summed E-state index contributed by atoms with van der Waals surface area (Å²) in [5.74, 6) is 0. The first kappa shape index (κ1) is 13.1. The zero-order chi connectivity index (χ0) is 14.1. The highest BCUT2D eigenvalue weighted by atomic mass is 32.1. The second-order valence-corrected chi connectivity index (χ2v) is 5.67. The van der Waals surface area contributed by atoms with Crippen LogP contribution in [0.5, 0.6) is 0 Å². The first-order valence-corrected chi connectivity index (χ1v) is 7.29. The first-order valence-electron chi connectivity index (χ1n) is 6.89. The molecule has 0 amide bonds. The van der Waals surface area contributed by atoms with E-state index in [0.29, 0.717) is 0 Å². The molecular weight excluding hydrogens is 264 g/mol. The summed E-state index contributed by atoms with van der Waals surface area (Å²) in [5, 5.41) is 0. The maximum atomic E-state index is 5.45. The standard InChI is InChI=1S/C17H18N2S/c1-12-7-8-15-16(11-12)19(17(20)18-15)10-9-14-6-4-3-5-13(14)2/h3-8,11H,9-10H2,1-2H3,(H,18,20). The lowest BCUT2D eigenvalue weighted by molar-refractivity contribution is 0.704. The van der Waals surface area contributed by atoms with Crippen LogP contribution in [0.2, 0.25) is 0 Å². The Kier molecular flexibility index (Phi) is 3.45. The van der Waals surface area contributed by atoms with Crippen molar-refractivity contribution in [2.45, 2.75) is 26.8 Å². The average Bonchev–Trinajstić information content (AvgIpc) is 2.73. The van der Waals surface area contributed by atoms with Crippen LogP contribution in [0.4, 0.5) is 0 Å². The van der Waals surface area contributed by atoms with Crippen molar-refractivity contribution >= 4 is 23.3 Å². The predicted octanol–water partition coefficient (Wildman–Crippen LogP) is 4.56. The summed E-state index contributed by atoms with van der Waals surface area (Å²) in [6, 6.07) is 14.9. The van der Waals surface area contributed by atoms with Gasteiger partial charge in [0.05, 0.1) is 11.0 Å². The van der Waals surface area contributed by atoms with E-state index in [2.05, 4.69) is 65.9 Å². The van der Waals surface area contributed by atoms with E-state index in [4.69, 9.17) is 12.2 Å². The highest BCUT2D eigenvalue weighted by Crippen LogP contribution is 2.17. The number of aromatic nitrogens is 2. The molecule has 2 aromatic carbocycles. The Morgan fingerprint density at radius 2 is 1.90 bits per heavy atom. The van der Waals surface area contributed by atoms with Gasteiger partial charge >= 0.3 is 0 Å². The Labute approximate surface area is 124 Å². The van der Waals surface area contributed by atoms with Gasteiger partial charge in [0.25, 0.3) is 0 Å². The minimum Gasteiger partial charge on any atom is -0.331 e. The summed E-state index contributed by atoms with van der Waals surface area (Å²) in [6.07, 6.45) is 1.00. The molecule has 3 aromatic rings. The Bertz CT molecular complexity index is 811. The minimum absolute atomic E-state index is 0.805. The number of benzene rings is 2. The van der Waals surface area contributed by atoms with Gasteiger partial charge in [-0.25, -0.2) is 0 Å². The van der Waals surface area contributed by atoms with Gasteiger partial charge in [0.15, 0.2) is 4.77 Å². The number of aryl methyl sites for hydroxylation is 4. The number of nitrogens with zero attached hydrogens (tertiary/aromatic N) is 1. The van der Waals surface area contributed by atoms with E-state index in [9.17, 15) is 0 Å². The zero-order valence-electron chi connectivity index (χ0n) is 11.8. The molecule has 102 valence electrons. The summed E-state index contributed by atoms with van der Waals surface area (Å²) in [7, 11) is 0. The smallest absolute Gasteiger partial charge is 0.178 e. The zero-order valence-corrected chi connectivity index (χ0v) is 12.6. The van der Waals surface area contributed by atoms with Crippen LogP contribution >= 0.6 is 12.2 Å². The van der Waals surface area contributed by atoms with E-state index in [1.165, 1.54) is 22.2 Å². The Hall–Kier alpha value is -1.87.